The fraction of sp³-hybridized carbons (Fsp3) is 0.429. The lowest BCUT2D eigenvalue weighted by Gasteiger charge is -2.25. The Kier molecular flexibility index (Phi) is 12.2. The molecule has 0 saturated carbocycles. The Bertz CT molecular complexity index is 974. The SMILES string of the molecule is NC(=O)CCC(NC(=O)C(Cc1ccc(O)cc1)NC(=O)C(N)CC(N)=O)C(=O)NC(CS)C(=O)O. The minimum atomic E-state index is -1.38. The van der Waals surface area contributed by atoms with Crippen molar-refractivity contribution in [3.05, 3.63) is 29.8 Å². The summed E-state index contributed by atoms with van der Waals surface area (Å²) < 4.78 is 0. The number of aliphatic carboxylic acids is 1. The number of aromatic hydroxyl groups is 1. The molecule has 1 rings (SSSR count). The molecule has 0 aliphatic rings. The highest BCUT2D eigenvalue weighted by Gasteiger charge is 2.30. The maximum absolute atomic E-state index is 13.1. The predicted octanol–water partition coefficient (Wildman–Crippen LogP) is -3.13. The second-order valence-electron chi connectivity index (χ2n) is 7.86. The molecular weight excluding hydrogens is 496 g/mol. The molecule has 4 atom stereocenters. The number of carboxylic acid groups (broad SMARTS) is 1. The van der Waals surface area contributed by atoms with Gasteiger partial charge in [0.25, 0.3) is 0 Å². The highest BCUT2D eigenvalue weighted by atomic mass is 32.1. The van der Waals surface area contributed by atoms with Crippen molar-refractivity contribution in [1.29, 1.82) is 0 Å². The van der Waals surface area contributed by atoms with Crippen LogP contribution in [0.25, 0.3) is 0 Å². The van der Waals surface area contributed by atoms with Crippen molar-refractivity contribution in [2.24, 2.45) is 17.2 Å². The first kappa shape index (κ1) is 30.2. The average molecular weight is 527 g/mol. The molecule has 0 aromatic heterocycles. The van der Waals surface area contributed by atoms with E-state index in [1.165, 1.54) is 24.3 Å². The van der Waals surface area contributed by atoms with Gasteiger partial charge in [0, 0.05) is 18.6 Å². The molecule has 5 amide bonds. The van der Waals surface area contributed by atoms with Crippen LogP contribution in [0.4, 0.5) is 0 Å². The molecule has 1 aromatic carbocycles. The van der Waals surface area contributed by atoms with Gasteiger partial charge in [-0.3, -0.25) is 24.0 Å². The van der Waals surface area contributed by atoms with Crippen LogP contribution in [-0.4, -0.2) is 75.6 Å². The van der Waals surface area contributed by atoms with Gasteiger partial charge in [0.05, 0.1) is 12.5 Å². The summed E-state index contributed by atoms with van der Waals surface area (Å²) in [6.45, 7) is 0. The number of phenolic OH excluding ortho intramolecular Hbond substituents is 1. The molecule has 0 saturated heterocycles. The van der Waals surface area contributed by atoms with Crippen LogP contribution in [0, 0.1) is 0 Å². The predicted molar refractivity (Wildman–Crippen MR) is 129 cm³/mol. The third kappa shape index (κ3) is 10.6. The summed E-state index contributed by atoms with van der Waals surface area (Å²) in [5.74, 6) is -5.89. The van der Waals surface area contributed by atoms with Crippen LogP contribution in [0.3, 0.4) is 0 Å². The number of thiol groups is 1. The third-order valence-electron chi connectivity index (χ3n) is 4.88. The van der Waals surface area contributed by atoms with Gasteiger partial charge in [0.1, 0.15) is 23.9 Å². The first-order valence-corrected chi connectivity index (χ1v) is 11.3. The Morgan fingerprint density at radius 3 is 1.86 bits per heavy atom. The molecule has 0 radical (unpaired) electrons. The number of carboxylic acids is 1. The van der Waals surface area contributed by atoms with Crippen LogP contribution in [-0.2, 0) is 35.2 Å². The maximum atomic E-state index is 13.1. The second kappa shape index (κ2) is 14.5. The fourth-order valence-electron chi connectivity index (χ4n) is 2.95. The Balaban J connectivity index is 3.14. The number of carbonyl (C=O) groups is 6. The number of primary amides is 2. The summed E-state index contributed by atoms with van der Waals surface area (Å²) in [5, 5.41) is 25.6. The summed E-state index contributed by atoms with van der Waals surface area (Å²) in [6, 6.07) is 0.287. The van der Waals surface area contributed by atoms with Crippen LogP contribution >= 0.6 is 12.6 Å². The van der Waals surface area contributed by atoms with Crippen LogP contribution in [0.5, 0.6) is 5.75 Å². The zero-order chi connectivity index (χ0) is 27.4. The van der Waals surface area contributed by atoms with Gasteiger partial charge in [-0.15, -0.1) is 0 Å². The van der Waals surface area contributed by atoms with Gasteiger partial charge in [0.15, 0.2) is 0 Å². The topological polar surface area (TPSA) is 257 Å². The number of benzene rings is 1. The molecule has 14 nitrogen and oxygen atoms in total. The van der Waals surface area contributed by atoms with E-state index in [1.54, 1.807) is 0 Å². The number of hydrogen-bond acceptors (Lipinski definition) is 9. The number of nitrogens with two attached hydrogens (primary N) is 3. The van der Waals surface area contributed by atoms with E-state index in [-0.39, 0.29) is 30.8 Å². The number of nitrogens with one attached hydrogen (secondary N) is 3. The molecule has 198 valence electrons. The number of amides is 5. The van der Waals surface area contributed by atoms with Crippen molar-refractivity contribution in [1.82, 2.24) is 16.0 Å². The first-order valence-electron chi connectivity index (χ1n) is 10.7. The number of hydrogen-bond donors (Lipinski definition) is 9. The first-order chi connectivity index (χ1) is 16.8. The van der Waals surface area contributed by atoms with E-state index in [4.69, 9.17) is 22.3 Å². The Hall–Kier alpha value is -3.85. The zero-order valence-corrected chi connectivity index (χ0v) is 20.1. The van der Waals surface area contributed by atoms with E-state index in [0.29, 0.717) is 5.56 Å². The quantitative estimate of drug-likeness (QED) is 0.105. The molecule has 4 unspecified atom stereocenters. The standard InChI is InChI=1S/C21H30N6O8S/c22-12(8-17(24)30)18(31)26-14(7-10-1-3-11(28)4-2-10)20(33)25-13(5-6-16(23)29)19(32)27-15(9-36)21(34)35/h1-4,12-15,28,36H,5-9,22H2,(H2,23,29)(H2,24,30)(H,25,33)(H,26,31)(H,27,32)(H,34,35). The third-order valence-corrected chi connectivity index (χ3v) is 5.24. The highest BCUT2D eigenvalue weighted by Crippen LogP contribution is 2.12. The summed E-state index contributed by atoms with van der Waals surface area (Å²) in [5.41, 5.74) is 16.4. The lowest BCUT2D eigenvalue weighted by Crippen LogP contribution is -2.58. The molecule has 0 bridgehead atoms. The van der Waals surface area contributed by atoms with Crippen molar-refractivity contribution in [2.75, 3.05) is 5.75 Å². The number of phenols is 1. The minimum Gasteiger partial charge on any atom is -0.508 e. The summed E-state index contributed by atoms with van der Waals surface area (Å²) in [4.78, 5) is 71.8. The zero-order valence-electron chi connectivity index (χ0n) is 19.2. The largest absolute Gasteiger partial charge is 0.508 e. The van der Waals surface area contributed by atoms with Crippen LogP contribution in [0.2, 0.25) is 0 Å². The Morgan fingerprint density at radius 2 is 1.36 bits per heavy atom. The number of carbonyl (C=O) groups excluding carboxylic acids is 5. The monoisotopic (exact) mass is 526 g/mol. The molecular formula is C21H30N6O8S. The second-order valence-corrected chi connectivity index (χ2v) is 8.22. The van der Waals surface area contributed by atoms with Crippen LogP contribution in [0.1, 0.15) is 24.8 Å². The van der Waals surface area contributed by atoms with Crippen molar-refractivity contribution in [2.45, 2.75) is 49.9 Å². The van der Waals surface area contributed by atoms with Crippen molar-refractivity contribution in [3.63, 3.8) is 0 Å². The van der Waals surface area contributed by atoms with Crippen molar-refractivity contribution >= 4 is 48.1 Å². The summed E-state index contributed by atoms with van der Waals surface area (Å²) in [7, 11) is 0. The minimum absolute atomic E-state index is 0.0346. The van der Waals surface area contributed by atoms with Gasteiger partial charge in [0.2, 0.25) is 29.5 Å². The molecule has 36 heavy (non-hydrogen) atoms. The van der Waals surface area contributed by atoms with Gasteiger partial charge < -0.3 is 43.4 Å². The van der Waals surface area contributed by atoms with Gasteiger partial charge in [-0.05, 0) is 24.1 Å². The van der Waals surface area contributed by atoms with Crippen molar-refractivity contribution in [3.8, 4) is 5.75 Å². The summed E-state index contributed by atoms with van der Waals surface area (Å²) in [6.07, 6.45) is -1.16. The molecule has 15 heteroatoms. The van der Waals surface area contributed by atoms with E-state index < -0.39 is 66.1 Å². The van der Waals surface area contributed by atoms with E-state index in [2.05, 4.69) is 28.6 Å². The molecule has 0 fully saturated rings. The van der Waals surface area contributed by atoms with Gasteiger partial charge in [-0.25, -0.2) is 4.79 Å². The average Bonchev–Trinajstić information content (AvgIpc) is 2.79. The van der Waals surface area contributed by atoms with Crippen molar-refractivity contribution < 1.29 is 39.0 Å². The number of rotatable bonds is 15. The van der Waals surface area contributed by atoms with E-state index in [9.17, 15) is 33.9 Å². The lowest BCUT2D eigenvalue weighted by molar-refractivity contribution is -0.141. The lowest BCUT2D eigenvalue weighted by atomic mass is 10.0. The summed E-state index contributed by atoms with van der Waals surface area (Å²) >= 11 is 3.86. The molecule has 0 aliphatic carbocycles. The van der Waals surface area contributed by atoms with E-state index in [1.807, 2.05) is 0 Å². The normalized spacial score (nSPS) is 13.9. The van der Waals surface area contributed by atoms with Gasteiger partial charge in [-0.2, -0.15) is 12.6 Å². The maximum Gasteiger partial charge on any atom is 0.327 e. The van der Waals surface area contributed by atoms with E-state index in [0.717, 1.165) is 0 Å². The molecule has 1 aromatic rings. The fourth-order valence-corrected chi connectivity index (χ4v) is 3.20. The molecule has 0 aliphatic heterocycles. The molecule has 0 spiro atoms. The molecule has 0 heterocycles. The van der Waals surface area contributed by atoms with E-state index >= 15 is 0 Å². The Morgan fingerprint density at radius 1 is 0.833 bits per heavy atom. The van der Waals surface area contributed by atoms with Crippen LogP contribution in [0.15, 0.2) is 24.3 Å². The highest BCUT2D eigenvalue weighted by molar-refractivity contribution is 7.80. The Labute approximate surface area is 211 Å². The molecule has 11 N–H and O–H groups in total. The van der Waals surface area contributed by atoms with Crippen LogP contribution < -0.4 is 33.2 Å². The smallest absolute Gasteiger partial charge is 0.327 e. The van der Waals surface area contributed by atoms with Gasteiger partial charge in [-0.1, -0.05) is 12.1 Å². The van der Waals surface area contributed by atoms with Gasteiger partial charge >= 0.3 is 5.97 Å².